The first-order valence-electron chi connectivity index (χ1n) is 5.75. The molecule has 1 aromatic carbocycles. The Balaban J connectivity index is 2.30. The topological polar surface area (TPSA) is 74.8 Å². The van der Waals surface area contributed by atoms with Crippen molar-refractivity contribution in [2.75, 3.05) is 4.72 Å². The van der Waals surface area contributed by atoms with Crippen LogP contribution in [0.15, 0.2) is 33.9 Å². The highest BCUT2D eigenvalue weighted by molar-refractivity contribution is 9.10. The van der Waals surface area contributed by atoms with Crippen molar-refractivity contribution in [1.29, 1.82) is 0 Å². The van der Waals surface area contributed by atoms with Crippen LogP contribution in [-0.4, -0.2) is 18.4 Å². The standard InChI is InChI=1S/C12H14BrN3O2S/c1-3-11-14-7-12(15-11)19(17,18)16-10-5-4-9(13)6-8(10)2/h4-7,16H,3H2,1-2H3,(H,14,15). The molecule has 1 heterocycles. The summed E-state index contributed by atoms with van der Waals surface area (Å²) in [7, 11) is -3.62. The molecule has 0 unspecified atom stereocenters. The summed E-state index contributed by atoms with van der Waals surface area (Å²) in [4.78, 5) is 6.78. The number of benzene rings is 1. The number of aryl methyl sites for hydroxylation is 2. The molecule has 0 amide bonds. The molecule has 0 saturated carbocycles. The van der Waals surface area contributed by atoms with Crippen LogP contribution < -0.4 is 4.72 Å². The molecule has 0 aliphatic rings. The molecule has 0 fully saturated rings. The predicted octanol–water partition coefficient (Wildman–Crippen LogP) is 2.84. The summed E-state index contributed by atoms with van der Waals surface area (Å²) in [6.07, 6.45) is 1.99. The zero-order valence-electron chi connectivity index (χ0n) is 10.6. The minimum absolute atomic E-state index is 0.0756. The van der Waals surface area contributed by atoms with E-state index in [0.29, 0.717) is 17.9 Å². The summed E-state index contributed by atoms with van der Waals surface area (Å²) < 4.78 is 27.8. The molecular weight excluding hydrogens is 330 g/mol. The number of sulfonamides is 1. The number of nitrogens with zero attached hydrogens (tertiary/aromatic N) is 1. The lowest BCUT2D eigenvalue weighted by Gasteiger charge is -2.09. The number of H-pyrrole nitrogens is 1. The van der Waals surface area contributed by atoms with Gasteiger partial charge in [0, 0.05) is 10.9 Å². The Bertz CT molecular complexity index is 695. The average Bonchev–Trinajstić information content (AvgIpc) is 2.82. The lowest BCUT2D eigenvalue weighted by atomic mass is 10.2. The number of rotatable bonds is 4. The summed E-state index contributed by atoms with van der Waals surface area (Å²) >= 11 is 3.34. The van der Waals surface area contributed by atoms with Crippen molar-refractivity contribution in [3.63, 3.8) is 0 Å². The van der Waals surface area contributed by atoms with Crippen molar-refractivity contribution < 1.29 is 8.42 Å². The maximum absolute atomic E-state index is 12.2. The van der Waals surface area contributed by atoms with E-state index in [1.165, 1.54) is 6.20 Å². The highest BCUT2D eigenvalue weighted by Gasteiger charge is 2.17. The molecule has 102 valence electrons. The molecule has 2 aromatic rings. The second-order valence-corrected chi connectivity index (χ2v) is 6.68. The molecular formula is C12H14BrN3O2S. The van der Waals surface area contributed by atoms with Gasteiger partial charge in [-0.1, -0.05) is 22.9 Å². The van der Waals surface area contributed by atoms with Crippen molar-refractivity contribution in [1.82, 2.24) is 9.97 Å². The monoisotopic (exact) mass is 343 g/mol. The molecule has 2 rings (SSSR count). The molecule has 2 N–H and O–H groups in total. The Morgan fingerprint density at radius 2 is 2.16 bits per heavy atom. The Labute approximate surface area is 120 Å². The van der Waals surface area contributed by atoms with E-state index in [1.807, 2.05) is 19.9 Å². The Hall–Kier alpha value is -1.34. The van der Waals surface area contributed by atoms with E-state index in [0.717, 1.165) is 10.0 Å². The van der Waals surface area contributed by atoms with E-state index in [2.05, 4.69) is 30.6 Å². The number of nitrogens with one attached hydrogen (secondary N) is 2. The molecule has 0 atom stereocenters. The van der Waals surface area contributed by atoms with Gasteiger partial charge in [0.2, 0.25) is 0 Å². The first-order valence-corrected chi connectivity index (χ1v) is 8.03. The number of halogens is 1. The molecule has 7 heteroatoms. The van der Waals surface area contributed by atoms with E-state index in [1.54, 1.807) is 12.1 Å². The lowest BCUT2D eigenvalue weighted by Crippen LogP contribution is -2.14. The van der Waals surface area contributed by atoms with Gasteiger partial charge in [0.25, 0.3) is 10.0 Å². The van der Waals surface area contributed by atoms with E-state index in [9.17, 15) is 8.42 Å². The Morgan fingerprint density at radius 1 is 1.42 bits per heavy atom. The minimum atomic E-state index is -3.62. The van der Waals surface area contributed by atoms with Crippen LogP contribution in [0.5, 0.6) is 0 Å². The van der Waals surface area contributed by atoms with Crippen LogP contribution in [-0.2, 0) is 16.4 Å². The molecule has 0 radical (unpaired) electrons. The number of hydrogen-bond donors (Lipinski definition) is 2. The molecule has 1 aromatic heterocycles. The fourth-order valence-electron chi connectivity index (χ4n) is 1.60. The smallest absolute Gasteiger partial charge is 0.278 e. The molecule has 0 spiro atoms. The number of imidazole rings is 1. The predicted molar refractivity (Wildman–Crippen MR) is 77.7 cm³/mol. The van der Waals surface area contributed by atoms with Gasteiger partial charge in [-0.3, -0.25) is 4.72 Å². The van der Waals surface area contributed by atoms with Gasteiger partial charge in [-0.2, -0.15) is 8.42 Å². The number of aromatic nitrogens is 2. The zero-order valence-corrected chi connectivity index (χ0v) is 13.0. The van der Waals surface area contributed by atoms with Crippen LogP contribution in [0.25, 0.3) is 0 Å². The molecule has 0 saturated heterocycles. The Morgan fingerprint density at radius 3 is 2.74 bits per heavy atom. The van der Waals surface area contributed by atoms with E-state index >= 15 is 0 Å². The molecule has 0 aliphatic carbocycles. The highest BCUT2D eigenvalue weighted by Crippen LogP contribution is 2.22. The van der Waals surface area contributed by atoms with Crippen LogP contribution >= 0.6 is 15.9 Å². The van der Waals surface area contributed by atoms with Crippen LogP contribution in [0, 0.1) is 6.92 Å². The lowest BCUT2D eigenvalue weighted by molar-refractivity contribution is 0.598. The van der Waals surface area contributed by atoms with Gasteiger partial charge in [-0.15, -0.1) is 0 Å². The summed E-state index contributed by atoms with van der Waals surface area (Å²) in [6, 6.07) is 5.35. The van der Waals surface area contributed by atoms with Gasteiger partial charge >= 0.3 is 0 Å². The van der Waals surface area contributed by atoms with Crippen molar-refractivity contribution in [2.24, 2.45) is 0 Å². The van der Waals surface area contributed by atoms with Crippen LogP contribution in [0.4, 0.5) is 5.69 Å². The third-order valence-electron chi connectivity index (χ3n) is 2.66. The van der Waals surface area contributed by atoms with Crippen LogP contribution in [0.1, 0.15) is 18.3 Å². The van der Waals surface area contributed by atoms with E-state index in [-0.39, 0.29) is 5.03 Å². The van der Waals surface area contributed by atoms with E-state index in [4.69, 9.17) is 0 Å². The van der Waals surface area contributed by atoms with Crippen molar-refractivity contribution in [3.05, 3.63) is 40.3 Å². The van der Waals surface area contributed by atoms with Gasteiger partial charge in [-0.05, 0) is 30.7 Å². The quantitative estimate of drug-likeness (QED) is 0.896. The maximum atomic E-state index is 12.2. The zero-order chi connectivity index (χ0) is 14.0. The molecule has 0 aliphatic heterocycles. The first-order chi connectivity index (χ1) is 8.92. The summed E-state index contributed by atoms with van der Waals surface area (Å²) in [6.45, 7) is 3.74. The van der Waals surface area contributed by atoms with Crippen molar-refractivity contribution >= 4 is 31.6 Å². The third-order valence-corrected chi connectivity index (χ3v) is 4.43. The average molecular weight is 344 g/mol. The van der Waals surface area contributed by atoms with Crippen LogP contribution in [0.3, 0.4) is 0 Å². The van der Waals surface area contributed by atoms with Gasteiger partial charge in [0.15, 0.2) is 5.03 Å². The fraction of sp³-hybridized carbons (Fsp3) is 0.250. The number of anilines is 1. The fourth-order valence-corrected chi connectivity index (χ4v) is 3.15. The highest BCUT2D eigenvalue weighted by atomic mass is 79.9. The van der Waals surface area contributed by atoms with Gasteiger partial charge in [-0.25, -0.2) is 4.98 Å². The summed E-state index contributed by atoms with van der Waals surface area (Å²) in [5.41, 5.74) is 1.39. The van der Waals surface area contributed by atoms with Crippen molar-refractivity contribution in [2.45, 2.75) is 25.3 Å². The number of hydrogen-bond acceptors (Lipinski definition) is 3. The first kappa shape index (κ1) is 14.1. The maximum Gasteiger partial charge on any atom is 0.278 e. The van der Waals surface area contributed by atoms with Gasteiger partial charge < -0.3 is 4.98 Å². The second-order valence-electron chi connectivity index (χ2n) is 4.11. The molecule has 5 nitrogen and oxygen atoms in total. The van der Waals surface area contributed by atoms with Gasteiger partial charge in [0.1, 0.15) is 5.82 Å². The number of aromatic amines is 1. The third kappa shape index (κ3) is 3.16. The van der Waals surface area contributed by atoms with Gasteiger partial charge in [0.05, 0.1) is 11.9 Å². The second kappa shape index (κ2) is 5.34. The SMILES string of the molecule is CCc1ncc(S(=O)(=O)Nc2ccc(Br)cc2C)[nH]1. The largest absolute Gasteiger partial charge is 0.332 e. The Kier molecular flexibility index (Phi) is 3.96. The van der Waals surface area contributed by atoms with Crippen molar-refractivity contribution in [3.8, 4) is 0 Å². The van der Waals surface area contributed by atoms with Crippen LogP contribution in [0.2, 0.25) is 0 Å². The van der Waals surface area contributed by atoms with E-state index < -0.39 is 10.0 Å². The normalized spacial score (nSPS) is 11.5. The summed E-state index contributed by atoms with van der Waals surface area (Å²) in [5, 5.41) is 0.0756. The molecule has 19 heavy (non-hydrogen) atoms. The minimum Gasteiger partial charge on any atom is -0.332 e. The molecule has 0 bridgehead atoms. The summed E-state index contributed by atoms with van der Waals surface area (Å²) in [5.74, 6) is 0.646.